The highest BCUT2D eigenvalue weighted by atomic mass is 16.5. The van der Waals surface area contributed by atoms with Crippen molar-refractivity contribution < 1.29 is 23.7 Å². The van der Waals surface area contributed by atoms with Gasteiger partial charge in [-0.1, -0.05) is 26.0 Å². The van der Waals surface area contributed by atoms with Crippen LogP contribution in [0.2, 0.25) is 0 Å². The third-order valence-corrected chi connectivity index (χ3v) is 4.36. The topological polar surface area (TPSA) is 54.0 Å². The number of hydrogen-bond acceptors (Lipinski definition) is 5. The predicted molar refractivity (Wildman–Crippen MR) is 105 cm³/mol. The van der Waals surface area contributed by atoms with Crippen molar-refractivity contribution in [2.24, 2.45) is 0 Å². The summed E-state index contributed by atoms with van der Waals surface area (Å²) in [6.45, 7) is 6.15. The number of aryl methyl sites for hydroxylation is 2. The number of rotatable bonds is 8. The second kappa shape index (κ2) is 9.31. The number of hydrogen-bond donors (Lipinski definition) is 0. The number of carbonyl (C=O) groups excluding carboxylic acids is 1. The van der Waals surface area contributed by atoms with Gasteiger partial charge in [-0.15, -0.1) is 0 Å². The Kier molecular flexibility index (Phi) is 7.11. The Morgan fingerprint density at radius 1 is 0.926 bits per heavy atom. The Morgan fingerprint density at radius 3 is 2.07 bits per heavy atom. The van der Waals surface area contributed by atoms with Crippen molar-refractivity contribution in [3.05, 3.63) is 47.0 Å². The lowest BCUT2D eigenvalue weighted by molar-refractivity contribution is -0.134. The van der Waals surface area contributed by atoms with Crippen LogP contribution in [0, 0.1) is 6.92 Å². The zero-order valence-corrected chi connectivity index (χ0v) is 16.9. The lowest BCUT2D eigenvalue weighted by Gasteiger charge is -2.15. The minimum atomic E-state index is -0.267. The number of ether oxygens (including phenoxy) is 4. The minimum Gasteiger partial charge on any atom is -0.493 e. The quantitative estimate of drug-likeness (QED) is 0.497. The van der Waals surface area contributed by atoms with Gasteiger partial charge in [-0.05, 0) is 54.2 Å². The van der Waals surface area contributed by atoms with Gasteiger partial charge in [0, 0.05) is 6.42 Å². The van der Waals surface area contributed by atoms with Crippen LogP contribution in [0.15, 0.2) is 30.3 Å². The number of carbonyl (C=O) groups is 1. The summed E-state index contributed by atoms with van der Waals surface area (Å²) in [7, 11) is 4.70. The van der Waals surface area contributed by atoms with E-state index in [0.717, 1.165) is 16.7 Å². The van der Waals surface area contributed by atoms with Gasteiger partial charge in [0.25, 0.3) is 0 Å². The summed E-state index contributed by atoms with van der Waals surface area (Å²) in [5.41, 5.74) is 3.00. The van der Waals surface area contributed by atoms with Crippen LogP contribution in [0.25, 0.3) is 0 Å². The molecular formula is C22H28O5. The van der Waals surface area contributed by atoms with Crippen molar-refractivity contribution in [2.45, 2.75) is 39.5 Å². The van der Waals surface area contributed by atoms with Gasteiger partial charge in [0.05, 0.1) is 21.3 Å². The van der Waals surface area contributed by atoms with Gasteiger partial charge in [0.1, 0.15) is 5.75 Å². The lowest BCUT2D eigenvalue weighted by atomic mass is 10.0. The third kappa shape index (κ3) is 5.16. The van der Waals surface area contributed by atoms with Gasteiger partial charge < -0.3 is 18.9 Å². The first-order valence-electron chi connectivity index (χ1n) is 8.99. The molecule has 5 nitrogen and oxygen atoms in total. The average Bonchev–Trinajstić information content (AvgIpc) is 2.65. The first-order chi connectivity index (χ1) is 12.9. The van der Waals surface area contributed by atoms with E-state index >= 15 is 0 Å². The number of benzene rings is 2. The second-order valence-electron chi connectivity index (χ2n) is 6.70. The van der Waals surface area contributed by atoms with E-state index in [4.69, 9.17) is 18.9 Å². The fourth-order valence-corrected chi connectivity index (χ4v) is 2.91. The zero-order valence-electron chi connectivity index (χ0n) is 16.9. The fourth-order valence-electron chi connectivity index (χ4n) is 2.91. The lowest BCUT2D eigenvalue weighted by Crippen LogP contribution is -2.11. The van der Waals surface area contributed by atoms with Crippen LogP contribution in [0.4, 0.5) is 0 Å². The molecule has 5 heteroatoms. The molecular weight excluding hydrogens is 344 g/mol. The first-order valence-corrected chi connectivity index (χ1v) is 8.99. The molecule has 0 radical (unpaired) electrons. The van der Waals surface area contributed by atoms with Crippen molar-refractivity contribution in [3.63, 3.8) is 0 Å². The Balaban J connectivity index is 2.11. The van der Waals surface area contributed by atoms with E-state index in [1.807, 2.05) is 37.3 Å². The molecule has 0 unspecified atom stereocenters. The average molecular weight is 372 g/mol. The SMILES string of the molecule is COc1cc(CCC(=O)Oc2cc(C)ccc2C(C)C)cc(OC)c1OC. The number of methoxy groups -OCH3 is 3. The molecule has 0 saturated carbocycles. The summed E-state index contributed by atoms with van der Waals surface area (Å²) < 4.78 is 21.7. The van der Waals surface area contributed by atoms with Crippen molar-refractivity contribution in [2.75, 3.05) is 21.3 Å². The third-order valence-electron chi connectivity index (χ3n) is 4.36. The Morgan fingerprint density at radius 2 is 1.56 bits per heavy atom. The summed E-state index contributed by atoms with van der Waals surface area (Å²) in [6.07, 6.45) is 0.766. The van der Waals surface area contributed by atoms with Crippen molar-refractivity contribution in [1.29, 1.82) is 0 Å². The molecule has 0 bridgehead atoms. The predicted octanol–water partition coefficient (Wildman–Crippen LogP) is 4.68. The van der Waals surface area contributed by atoms with Crippen molar-refractivity contribution in [3.8, 4) is 23.0 Å². The second-order valence-corrected chi connectivity index (χ2v) is 6.70. The maximum atomic E-state index is 12.4. The van der Waals surface area contributed by atoms with E-state index in [2.05, 4.69) is 13.8 Å². The summed E-state index contributed by atoms with van der Waals surface area (Å²) in [6, 6.07) is 9.65. The molecule has 0 aliphatic heterocycles. The highest BCUT2D eigenvalue weighted by Gasteiger charge is 2.16. The van der Waals surface area contributed by atoms with Crippen LogP contribution >= 0.6 is 0 Å². The molecule has 0 fully saturated rings. The molecule has 0 amide bonds. The summed E-state index contributed by atoms with van der Waals surface area (Å²) >= 11 is 0. The Labute approximate surface area is 161 Å². The van der Waals surface area contributed by atoms with Gasteiger partial charge in [-0.2, -0.15) is 0 Å². The molecule has 0 atom stereocenters. The van der Waals surface area contributed by atoms with Crippen molar-refractivity contribution >= 4 is 5.97 Å². The van der Waals surface area contributed by atoms with Crippen LogP contribution in [0.3, 0.4) is 0 Å². The van der Waals surface area contributed by atoms with Crippen LogP contribution in [0.1, 0.15) is 42.9 Å². The molecule has 0 heterocycles. The van der Waals surface area contributed by atoms with Gasteiger partial charge in [0.2, 0.25) is 5.75 Å². The highest BCUT2D eigenvalue weighted by Crippen LogP contribution is 2.38. The molecule has 2 aromatic rings. The van der Waals surface area contributed by atoms with Gasteiger partial charge in [0.15, 0.2) is 11.5 Å². The largest absolute Gasteiger partial charge is 0.493 e. The monoisotopic (exact) mass is 372 g/mol. The van der Waals surface area contributed by atoms with E-state index in [9.17, 15) is 4.79 Å². The summed E-state index contributed by atoms with van der Waals surface area (Å²) in [5, 5.41) is 0. The molecule has 0 saturated heterocycles. The van der Waals surface area contributed by atoms with Gasteiger partial charge in [-0.3, -0.25) is 4.79 Å². The van der Waals surface area contributed by atoms with E-state index < -0.39 is 0 Å². The molecule has 0 N–H and O–H groups in total. The molecule has 0 spiro atoms. The molecule has 2 rings (SSSR count). The Bertz CT molecular complexity index is 770. The van der Waals surface area contributed by atoms with Gasteiger partial charge in [-0.25, -0.2) is 0 Å². The van der Waals surface area contributed by atoms with Gasteiger partial charge >= 0.3 is 5.97 Å². The standard InChI is InChI=1S/C22H28O5/c1-14(2)17-9-7-15(3)11-18(17)27-21(23)10-8-16-12-19(24-4)22(26-6)20(13-16)25-5/h7,9,11-14H,8,10H2,1-6H3. The van der Waals surface area contributed by atoms with Crippen LogP contribution in [-0.4, -0.2) is 27.3 Å². The van der Waals surface area contributed by atoms with E-state index in [1.54, 1.807) is 21.3 Å². The van der Waals surface area contributed by atoms with Crippen LogP contribution in [0.5, 0.6) is 23.0 Å². The van der Waals surface area contributed by atoms with Crippen molar-refractivity contribution in [1.82, 2.24) is 0 Å². The zero-order chi connectivity index (χ0) is 20.0. The summed E-state index contributed by atoms with van der Waals surface area (Å²) in [5.74, 6) is 2.33. The Hall–Kier alpha value is -2.69. The molecule has 2 aromatic carbocycles. The van der Waals surface area contributed by atoms with E-state index in [0.29, 0.717) is 29.4 Å². The smallest absolute Gasteiger partial charge is 0.311 e. The maximum Gasteiger partial charge on any atom is 0.311 e. The van der Waals surface area contributed by atoms with E-state index in [-0.39, 0.29) is 18.3 Å². The number of esters is 1. The molecule has 0 aromatic heterocycles. The molecule has 0 aliphatic carbocycles. The first kappa shape index (κ1) is 20.6. The normalized spacial score (nSPS) is 10.6. The fraction of sp³-hybridized carbons (Fsp3) is 0.409. The minimum absolute atomic E-state index is 0.254. The molecule has 0 aliphatic rings. The summed E-state index contributed by atoms with van der Waals surface area (Å²) in [4.78, 5) is 12.4. The van der Waals surface area contributed by atoms with Crippen LogP contribution < -0.4 is 18.9 Å². The van der Waals surface area contributed by atoms with Crippen LogP contribution in [-0.2, 0) is 11.2 Å². The molecule has 27 heavy (non-hydrogen) atoms. The molecule has 146 valence electrons. The maximum absolute atomic E-state index is 12.4. The van der Waals surface area contributed by atoms with E-state index in [1.165, 1.54) is 0 Å². The highest BCUT2D eigenvalue weighted by molar-refractivity contribution is 5.73.